The van der Waals surface area contributed by atoms with E-state index in [1.807, 2.05) is 66.4 Å². The van der Waals surface area contributed by atoms with Gasteiger partial charge in [-0.2, -0.15) is 4.98 Å². The lowest BCUT2D eigenvalue weighted by Gasteiger charge is -2.29. The van der Waals surface area contributed by atoms with Gasteiger partial charge in [-0.3, -0.25) is 15.1 Å². The fraction of sp³-hybridized carbons (Fsp3) is 0.320. The monoisotopic (exact) mass is 448 g/mol. The molecule has 4 rings (SSSR count). The largest absolute Gasteiger partial charge is 0.432 e. The Labute approximate surface area is 192 Å². The maximum Gasteiger partial charge on any atom is 0.301 e. The van der Waals surface area contributed by atoms with Crippen LogP contribution in [0.3, 0.4) is 0 Å². The molecule has 172 valence electrons. The highest BCUT2D eigenvalue weighted by Gasteiger charge is 2.20. The molecule has 8 heteroatoms. The van der Waals surface area contributed by atoms with Crippen LogP contribution in [0, 0.1) is 0 Å². The number of aliphatic imine (C=N–C) groups is 1. The van der Waals surface area contributed by atoms with Crippen LogP contribution in [0.4, 0.5) is 6.01 Å². The summed E-state index contributed by atoms with van der Waals surface area (Å²) < 4.78 is 11.1. The van der Waals surface area contributed by atoms with Crippen molar-refractivity contribution < 1.29 is 19.1 Å². The molecule has 1 saturated heterocycles. The van der Waals surface area contributed by atoms with Crippen LogP contribution in [-0.4, -0.2) is 66.2 Å². The number of guanidine groups is 1. The Bertz CT molecular complexity index is 1090. The van der Waals surface area contributed by atoms with Crippen molar-refractivity contribution in [1.29, 1.82) is 0 Å². The van der Waals surface area contributed by atoms with Gasteiger partial charge in [0, 0.05) is 30.1 Å². The highest BCUT2D eigenvalue weighted by atomic mass is 16.5. The first-order chi connectivity index (χ1) is 16.2. The van der Waals surface area contributed by atoms with Gasteiger partial charge in [0.05, 0.1) is 32.1 Å². The second kappa shape index (κ2) is 10.9. The summed E-state index contributed by atoms with van der Waals surface area (Å²) in [6, 6.07) is 17.2. The predicted molar refractivity (Wildman–Crippen MR) is 126 cm³/mol. The zero-order chi connectivity index (χ0) is 23.0. The molecule has 1 aromatic heterocycles. The van der Waals surface area contributed by atoms with Crippen LogP contribution in [0.25, 0.3) is 0 Å². The van der Waals surface area contributed by atoms with Crippen molar-refractivity contribution in [2.24, 2.45) is 4.99 Å². The number of ether oxygens (including phenoxy) is 1. The minimum Gasteiger partial charge on any atom is -0.432 e. The Hall–Kier alpha value is -3.49. The standard InChI is InChI=1S/C25H28N4O4/c1-18(20-8-5-9-21(16-20)23(31)19-6-3-2-4-7-19)22-17-33-25(27-22)28-24(26-10-13-30)29-11-14-32-15-12-29/h2-9,16-18,30H,10-15H2,1H3,(H,26,27,28). The molecule has 2 heterocycles. The first kappa shape index (κ1) is 22.7. The molecule has 8 nitrogen and oxygen atoms in total. The Morgan fingerprint density at radius 2 is 1.91 bits per heavy atom. The highest BCUT2D eigenvalue weighted by Crippen LogP contribution is 2.26. The number of hydrogen-bond donors (Lipinski definition) is 2. The molecule has 33 heavy (non-hydrogen) atoms. The van der Waals surface area contributed by atoms with E-state index in [1.54, 1.807) is 6.26 Å². The van der Waals surface area contributed by atoms with Crippen LogP contribution in [0.1, 0.15) is 40.0 Å². The number of rotatable bonds is 7. The van der Waals surface area contributed by atoms with Gasteiger partial charge in [-0.25, -0.2) is 0 Å². The minimum absolute atomic E-state index is 0.0117. The van der Waals surface area contributed by atoms with E-state index in [-0.39, 0.29) is 24.9 Å². The number of nitrogens with one attached hydrogen (secondary N) is 1. The first-order valence-corrected chi connectivity index (χ1v) is 11.1. The molecule has 2 aromatic carbocycles. The van der Waals surface area contributed by atoms with Crippen LogP contribution in [-0.2, 0) is 4.74 Å². The number of anilines is 1. The van der Waals surface area contributed by atoms with E-state index >= 15 is 0 Å². The lowest BCUT2D eigenvalue weighted by molar-refractivity contribution is 0.0678. The number of carbonyl (C=O) groups is 1. The number of morpholine rings is 1. The third-order valence-corrected chi connectivity index (χ3v) is 5.54. The van der Waals surface area contributed by atoms with E-state index in [9.17, 15) is 9.90 Å². The van der Waals surface area contributed by atoms with E-state index in [1.165, 1.54) is 0 Å². The Kier molecular flexibility index (Phi) is 7.49. The number of aromatic nitrogens is 1. The average Bonchev–Trinajstić information content (AvgIpc) is 3.35. The average molecular weight is 449 g/mol. The number of benzene rings is 2. The number of hydrogen-bond acceptors (Lipinski definition) is 6. The molecule has 1 fully saturated rings. The second-order valence-corrected chi connectivity index (χ2v) is 7.77. The fourth-order valence-electron chi connectivity index (χ4n) is 3.66. The maximum atomic E-state index is 12.8. The summed E-state index contributed by atoms with van der Waals surface area (Å²) in [5, 5.41) is 12.3. The molecule has 0 aliphatic carbocycles. The van der Waals surface area contributed by atoms with Gasteiger partial charge >= 0.3 is 6.01 Å². The summed E-state index contributed by atoms with van der Waals surface area (Å²) in [6.45, 7) is 4.90. The summed E-state index contributed by atoms with van der Waals surface area (Å²) in [4.78, 5) is 23.9. The van der Waals surface area contributed by atoms with E-state index in [0.29, 0.717) is 49.4 Å². The van der Waals surface area contributed by atoms with Gasteiger partial charge in [0.25, 0.3) is 0 Å². The quantitative estimate of drug-likeness (QED) is 0.325. The fourth-order valence-corrected chi connectivity index (χ4v) is 3.66. The van der Waals surface area contributed by atoms with Crippen molar-refractivity contribution >= 4 is 17.8 Å². The Morgan fingerprint density at radius 1 is 1.15 bits per heavy atom. The SMILES string of the molecule is CC(c1cccc(C(=O)c2ccccc2)c1)c1coc(NC(=NCCO)N2CCOCC2)n1. The van der Waals surface area contributed by atoms with Crippen molar-refractivity contribution in [2.75, 3.05) is 44.8 Å². The molecule has 0 bridgehead atoms. The van der Waals surface area contributed by atoms with Gasteiger partial charge < -0.3 is 19.2 Å². The molecule has 0 saturated carbocycles. The van der Waals surface area contributed by atoms with Gasteiger partial charge in [0.1, 0.15) is 6.26 Å². The summed E-state index contributed by atoms with van der Waals surface area (Å²) >= 11 is 0. The molecular formula is C25H28N4O4. The zero-order valence-corrected chi connectivity index (χ0v) is 18.6. The lowest BCUT2D eigenvalue weighted by atomic mass is 9.94. The molecule has 0 radical (unpaired) electrons. The smallest absolute Gasteiger partial charge is 0.301 e. The second-order valence-electron chi connectivity index (χ2n) is 7.77. The molecule has 1 atom stereocenters. The predicted octanol–water partition coefficient (Wildman–Crippen LogP) is 3.15. The Balaban J connectivity index is 1.49. The molecule has 1 aliphatic rings. The molecular weight excluding hydrogens is 420 g/mol. The van der Waals surface area contributed by atoms with E-state index in [4.69, 9.17) is 9.15 Å². The molecule has 1 aliphatic heterocycles. The van der Waals surface area contributed by atoms with Crippen molar-refractivity contribution in [2.45, 2.75) is 12.8 Å². The number of oxazole rings is 1. The summed E-state index contributed by atoms with van der Waals surface area (Å²) in [5.74, 6) is 0.514. The number of aliphatic hydroxyl groups excluding tert-OH is 1. The van der Waals surface area contributed by atoms with E-state index in [0.717, 1.165) is 11.3 Å². The van der Waals surface area contributed by atoms with E-state index < -0.39 is 0 Å². The summed E-state index contributed by atoms with van der Waals surface area (Å²) in [7, 11) is 0. The first-order valence-electron chi connectivity index (χ1n) is 11.1. The topological polar surface area (TPSA) is 100 Å². The molecule has 1 unspecified atom stereocenters. The number of nitrogens with zero attached hydrogens (tertiary/aromatic N) is 3. The highest BCUT2D eigenvalue weighted by molar-refractivity contribution is 6.09. The summed E-state index contributed by atoms with van der Waals surface area (Å²) in [6.07, 6.45) is 1.61. The van der Waals surface area contributed by atoms with Crippen LogP contribution >= 0.6 is 0 Å². The third kappa shape index (κ3) is 5.66. The number of ketones is 1. The van der Waals surface area contributed by atoms with Crippen molar-refractivity contribution in [3.05, 3.63) is 83.2 Å². The maximum absolute atomic E-state index is 12.8. The summed E-state index contributed by atoms with van der Waals surface area (Å²) in [5.41, 5.74) is 3.01. The number of carbonyl (C=O) groups excluding carboxylic acids is 1. The van der Waals surface area contributed by atoms with Crippen molar-refractivity contribution in [3.8, 4) is 0 Å². The van der Waals surface area contributed by atoms with Crippen LogP contribution in [0.15, 0.2) is 70.3 Å². The molecule has 3 aromatic rings. The normalized spacial score (nSPS) is 15.3. The molecule has 0 spiro atoms. The molecule has 2 N–H and O–H groups in total. The van der Waals surface area contributed by atoms with Gasteiger partial charge in [0.15, 0.2) is 5.78 Å². The van der Waals surface area contributed by atoms with Gasteiger partial charge in [-0.1, -0.05) is 55.5 Å². The van der Waals surface area contributed by atoms with Crippen molar-refractivity contribution in [3.63, 3.8) is 0 Å². The van der Waals surface area contributed by atoms with Gasteiger partial charge in [0.2, 0.25) is 5.96 Å². The molecule has 0 amide bonds. The van der Waals surface area contributed by atoms with Crippen molar-refractivity contribution in [1.82, 2.24) is 9.88 Å². The zero-order valence-electron chi connectivity index (χ0n) is 18.6. The van der Waals surface area contributed by atoms with Crippen LogP contribution in [0.5, 0.6) is 0 Å². The minimum atomic E-state index is -0.0750. The lowest BCUT2D eigenvalue weighted by Crippen LogP contribution is -2.44. The Morgan fingerprint density at radius 3 is 2.67 bits per heavy atom. The van der Waals surface area contributed by atoms with Crippen LogP contribution in [0.2, 0.25) is 0 Å². The van der Waals surface area contributed by atoms with Crippen LogP contribution < -0.4 is 5.32 Å². The van der Waals surface area contributed by atoms with Gasteiger partial charge in [-0.15, -0.1) is 0 Å². The van der Waals surface area contributed by atoms with E-state index in [2.05, 4.69) is 15.3 Å². The number of aliphatic hydroxyl groups is 1. The third-order valence-electron chi connectivity index (χ3n) is 5.54. The van der Waals surface area contributed by atoms with Gasteiger partial charge in [-0.05, 0) is 11.6 Å².